The summed E-state index contributed by atoms with van der Waals surface area (Å²) in [6.45, 7) is 4.10. The van der Waals surface area contributed by atoms with Gasteiger partial charge in [0, 0.05) is 25.2 Å². The summed E-state index contributed by atoms with van der Waals surface area (Å²) in [5.74, 6) is -1.20. The van der Waals surface area contributed by atoms with E-state index >= 15 is 0 Å². The number of nitro benzene ring substituents is 1. The van der Waals surface area contributed by atoms with Gasteiger partial charge in [0.1, 0.15) is 6.04 Å². The first-order valence-electron chi connectivity index (χ1n) is 9.96. The van der Waals surface area contributed by atoms with Crippen molar-refractivity contribution < 1.29 is 28.8 Å². The Balaban J connectivity index is 2.00. The van der Waals surface area contributed by atoms with Gasteiger partial charge >= 0.3 is 5.97 Å². The first kappa shape index (κ1) is 25.9. The van der Waals surface area contributed by atoms with Crippen LogP contribution in [0.3, 0.4) is 0 Å². The number of hydrogen-bond acceptors (Lipinski definition) is 8. The molecule has 176 valence electrons. The first-order valence-corrected chi connectivity index (χ1v) is 11.7. The fraction of sp³-hybridized carbons (Fsp3) is 0.550. The molecule has 1 aromatic carbocycles. The van der Waals surface area contributed by atoms with E-state index in [2.05, 4.69) is 5.32 Å². The lowest BCUT2D eigenvalue weighted by molar-refractivity contribution is -0.384. The normalized spacial score (nSPS) is 19.2. The fourth-order valence-electron chi connectivity index (χ4n) is 3.23. The van der Waals surface area contributed by atoms with Crippen LogP contribution in [0.25, 0.3) is 0 Å². The summed E-state index contributed by atoms with van der Waals surface area (Å²) in [4.78, 5) is 49.4. The second-order valence-corrected chi connectivity index (χ2v) is 8.79. The number of nitrogens with one attached hydrogen (secondary N) is 1. The standard InChI is InChI=1S/C20H26ClN3O7S/c1-12-9-23(10-13(2)31-12)18(25)11-30-20(27)17(6-7-32-3)22-19(26)15-5-4-14(24(28)29)8-16(15)21/h4-5,8,12-13,17H,6-7,9-11H2,1-3H3,(H,22,26)/t12-,13-,17+/m1/s1. The third-order valence-electron chi connectivity index (χ3n) is 4.72. The van der Waals surface area contributed by atoms with E-state index in [1.807, 2.05) is 20.1 Å². The Morgan fingerprint density at radius 1 is 1.34 bits per heavy atom. The van der Waals surface area contributed by atoms with Crippen LogP contribution in [0.15, 0.2) is 18.2 Å². The zero-order valence-corrected chi connectivity index (χ0v) is 19.6. The maximum atomic E-state index is 12.6. The smallest absolute Gasteiger partial charge is 0.329 e. The fourth-order valence-corrected chi connectivity index (χ4v) is 3.96. The van der Waals surface area contributed by atoms with Crippen LogP contribution in [0.2, 0.25) is 5.02 Å². The molecular formula is C20H26ClN3O7S. The highest BCUT2D eigenvalue weighted by Gasteiger charge is 2.28. The lowest BCUT2D eigenvalue weighted by atomic mass is 10.1. The number of hydrogen-bond donors (Lipinski definition) is 1. The van der Waals surface area contributed by atoms with E-state index in [1.165, 1.54) is 17.8 Å². The molecule has 0 bridgehead atoms. The van der Waals surface area contributed by atoms with Gasteiger partial charge in [0.15, 0.2) is 6.61 Å². The molecule has 1 N–H and O–H groups in total. The Morgan fingerprint density at radius 2 is 2.00 bits per heavy atom. The molecule has 1 heterocycles. The summed E-state index contributed by atoms with van der Waals surface area (Å²) in [6.07, 6.45) is 1.90. The molecule has 0 aromatic heterocycles. The molecule has 10 nitrogen and oxygen atoms in total. The van der Waals surface area contributed by atoms with Gasteiger partial charge in [0.2, 0.25) is 0 Å². The minimum atomic E-state index is -1.00. The number of nitrogens with zero attached hydrogens (tertiary/aromatic N) is 2. The van der Waals surface area contributed by atoms with Gasteiger partial charge in [-0.15, -0.1) is 0 Å². The maximum Gasteiger partial charge on any atom is 0.329 e. The molecule has 1 aliphatic rings. The van der Waals surface area contributed by atoms with Gasteiger partial charge in [-0.25, -0.2) is 4.79 Å². The van der Waals surface area contributed by atoms with Crippen LogP contribution in [-0.4, -0.2) is 77.6 Å². The largest absolute Gasteiger partial charge is 0.454 e. The van der Waals surface area contributed by atoms with Crippen molar-refractivity contribution >= 4 is 46.8 Å². The summed E-state index contributed by atoms with van der Waals surface area (Å²) >= 11 is 7.48. The van der Waals surface area contributed by atoms with Crippen molar-refractivity contribution in [1.29, 1.82) is 0 Å². The Labute approximate surface area is 195 Å². The second-order valence-electron chi connectivity index (χ2n) is 7.39. The van der Waals surface area contributed by atoms with Crippen LogP contribution < -0.4 is 5.32 Å². The molecule has 1 fully saturated rings. The lowest BCUT2D eigenvalue weighted by Crippen LogP contribution is -2.50. The number of carbonyl (C=O) groups is 3. The summed E-state index contributed by atoms with van der Waals surface area (Å²) in [5.41, 5.74) is -0.262. The topological polar surface area (TPSA) is 128 Å². The molecule has 2 rings (SSSR count). The van der Waals surface area contributed by atoms with Gasteiger partial charge < -0.3 is 19.7 Å². The van der Waals surface area contributed by atoms with Crippen LogP contribution in [0.4, 0.5) is 5.69 Å². The highest BCUT2D eigenvalue weighted by atomic mass is 35.5. The summed E-state index contributed by atoms with van der Waals surface area (Å²) in [6, 6.07) is 2.43. The van der Waals surface area contributed by atoms with Gasteiger partial charge in [-0.2, -0.15) is 11.8 Å². The summed E-state index contributed by atoms with van der Waals surface area (Å²) < 4.78 is 10.8. The van der Waals surface area contributed by atoms with Gasteiger partial charge in [0.25, 0.3) is 17.5 Å². The molecule has 2 amide bonds. The van der Waals surface area contributed by atoms with Crippen molar-refractivity contribution in [2.45, 2.75) is 38.5 Å². The van der Waals surface area contributed by atoms with E-state index < -0.39 is 29.4 Å². The SMILES string of the molecule is CSCC[C@H](NC(=O)c1ccc([N+](=O)[O-])cc1Cl)C(=O)OCC(=O)N1C[C@@H](C)O[C@H](C)C1. The van der Waals surface area contributed by atoms with E-state index in [4.69, 9.17) is 21.1 Å². The molecule has 0 unspecified atom stereocenters. The number of morpholine rings is 1. The molecular weight excluding hydrogens is 462 g/mol. The number of benzene rings is 1. The number of halogens is 1. The van der Waals surface area contributed by atoms with Crippen LogP contribution in [0, 0.1) is 10.1 Å². The predicted molar refractivity (Wildman–Crippen MR) is 120 cm³/mol. The van der Waals surface area contributed by atoms with Crippen LogP contribution in [-0.2, 0) is 19.1 Å². The number of esters is 1. The Morgan fingerprint density at radius 3 is 2.56 bits per heavy atom. The summed E-state index contributed by atoms with van der Waals surface area (Å²) in [5, 5.41) is 13.3. The van der Waals surface area contributed by atoms with Crippen molar-refractivity contribution in [1.82, 2.24) is 10.2 Å². The van der Waals surface area contributed by atoms with Crippen molar-refractivity contribution in [2.24, 2.45) is 0 Å². The quantitative estimate of drug-likeness (QED) is 0.319. The second kappa shape index (κ2) is 12.0. The minimum absolute atomic E-state index is 0.00779. The molecule has 32 heavy (non-hydrogen) atoms. The molecule has 3 atom stereocenters. The number of ether oxygens (including phenoxy) is 2. The van der Waals surface area contributed by atoms with Crippen LogP contribution in [0.1, 0.15) is 30.6 Å². The number of thioether (sulfide) groups is 1. The number of amides is 2. The Kier molecular flexibility index (Phi) is 9.73. The molecule has 12 heteroatoms. The monoisotopic (exact) mass is 487 g/mol. The average Bonchev–Trinajstić information content (AvgIpc) is 2.73. The van der Waals surface area contributed by atoms with E-state index in [9.17, 15) is 24.5 Å². The van der Waals surface area contributed by atoms with Crippen molar-refractivity contribution in [2.75, 3.05) is 31.7 Å². The van der Waals surface area contributed by atoms with Crippen LogP contribution in [0.5, 0.6) is 0 Å². The number of nitro groups is 1. The van der Waals surface area contributed by atoms with Gasteiger partial charge in [0.05, 0.1) is 27.7 Å². The average molecular weight is 488 g/mol. The summed E-state index contributed by atoms with van der Waals surface area (Å²) in [7, 11) is 0. The predicted octanol–water partition coefficient (Wildman–Crippen LogP) is 2.28. The first-order chi connectivity index (χ1) is 15.1. The Hall–Kier alpha value is -2.37. The molecule has 1 aromatic rings. The maximum absolute atomic E-state index is 12.6. The van der Waals surface area contributed by atoms with Gasteiger partial charge in [-0.05, 0) is 38.3 Å². The highest BCUT2D eigenvalue weighted by Crippen LogP contribution is 2.22. The van der Waals surface area contributed by atoms with Crippen molar-refractivity contribution in [3.8, 4) is 0 Å². The number of carbonyl (C=O) groups excluding carboxylic acids is 3. The molecule has 0 aliphatic carbocycles. The number of non-ortho nitro benzene ring substituents is 1. The van der Waals surface area contributed by atoms with Crippen LogP contribution >= 0.6 is 23.4 Å². The molecule has 1 saturated heterocycles. The van der Waals surface area contributed by atoms with Gasteiger partial charge in [-0.1, -0.05) is 11.6 Å². The zero-order valence-electron chi connectivity index (χ0n) is 18.0. The van der Waals surface area contributed by atoms with Crippen molar-refractivity contribution in [3.05, 3.63) is 38.9 Å². The minimum Gasteiger partial charge on any atom is -0.454 e. The number of rotatable bonds is 9. The van der Waals surface area contributed by atoms with Gasteiger partial charge in [-0.3, -0.25) is 19.7 Å². The highest BCUT2D eigenvalue weighted by molar-refractivity contribution is 7.98. The van der Waals surface area contributed by atoms with E-state index in [0.29, 0.717) is 18.8 Å². The molecule has 0 radical (unpaired) electrons. The van der Waals surface area contributed by atoms with E-state index in [0.717, 1.165) is 12.1 Å². The molecule has 0 saturated carbocycles. The molecule has 1 aliphatic heterocycles. The lowest BCUT2D eigenvalue weighted by Gasteiger charge is -2.35. The third kappa shape index (κ3) is 7.35. The van der Waals surface area contributed by atoms with Crippen molar-refractivity contribution in [3.63, 3.8) is 0 Å². The third-order valence-corrected chi connectivity index (χ3v) is 5.68. The van der Waals surface area contributed by atoms with E-state index in [1.54, 1.807) is 4.90 Å². The Bertz CT molecular complexity index is 860. The molecule has 0 spiro atoms. The zero-order chi connectivity index (χ0) is 23.8. The van der Waals surface area contributed by atoms with E-state index in [-0.39, 0.29) is 40.8 Å².